The average Bonchev–Trinajstić information content (AvgIpc) is 2.64. The van der Waals surface area contributed by atoms with E-state index in [2.05, 4.69) is 16.9 Å². The van der Waals surface area contributed by atoms with Crippen LogP contribution in [-0.4, -0.2) is 77.7 Å². The maximum Gasteiger partial charge on any atom is 0.269 e. The van der Waals surface area contributed by atoms with Crippen molar-refractivity contribution in [3.8, 4) is 0 Å². The number of carbonyl (C=O) groups excluding carboxylic acids is 1. The minimum atomic E-state index is -2.61. The Kier molecular flexibility index (Phi) is 6.41. The van der Waals surface area contributed by atoms with E-state index in [1.165, 1.54) is 12.3 Å². The molecule has 1 aromatic heterocycles. The summed E-state index contributed by atoms with van der Waals surface area (Å²) in [5, 5.41) is 3.84. The van der Waals surface area contributed by atoms with Gasteiger partial charge in [-0.05, 0) is 18.8 Å². The Balaban J connectivity index is 1.49. The van der Waals surface area contributed by atoms with Gasteiger partial charge >= 0.3 is 0 Å². The number of alkyl halides is 2. The number of hydrogen-bond donors (Lipinski definition) is 0. The Hall–Kier alpha value is -2.03. The van der Waals surface area contributed by atoms with Gasteiger partial charge in [0.05, 0.1) is 18.4 Å². The summed E-state index contributed by atoms with van der Waals surface area (Å²) in [5.74, 6) is 0.883. The van der Waals surface area contributed by atoms with E-state index in [-0.39, 0.29) is 5.91 Å². The molecule has 0 N–H and O–H groups in total. The summed E-state index contributed by atoms with van der Waals surface area (Å²) in [4.78, 5) is 30.4. The summed E-state index contributed by atoms with van der Waals surface area (Å²) in [7, 11) is 0. The number of aromatic nitrogens is 2. The molecule has 1 amide bonds. The van der Waals surface area contributed by atoms with Gasteiger partial charge in [-0.1, -0.05) is 6.92 Å². The molecule has 27 heavy (non-hydrogen) atoms. The van der Waals surface area contributed by atoms with E-state index in [0.717, 1.165) is 43.7 Å². The van der Waals surface area contributed by atoms with Crippen LogP contribution in [0.3, 0.4) is 0 Å². The van der Waals surface area contributed by atoms with E-state index in [1.807, 2.05) is 9.80 Å². The molecular formula is C18H27F2N5O2. The van der Waals surface area contributed by atoms with Crippen molar-refractivity contribution in [1.29, 1.82) is 0 Å². The normalized spacial score (nSPS) is 19.7. The molecule has 3 rings (SSSR count). The van der Waals surface area contributed by atoms with Gasteiger partial charge in [0.1, 0.15) is 6.54 Å². The molecule has 3 heterocycles. The molecule has 2 aliphatic rings. The zero-order chi connectivity index (χ0) is 19.4. The number of piperidine rings is 1. The van der Waals surface area contributed by atoms with Crippen LogP contribution in [-0.2, 0) is 11.3 Å². The highest BCUT2D eigenvalue weighted by atomic mass is 19.3. The lowest BCUT2D eigenvalue weighted by Gasteiger charge is -2.37. The summed E-state index contributed by atoms with van der Waals surface area (Å²) in [5.41, 5.74) is 0.117. The van der Waals surface area contributed by atoms with Gasteiger partial charge in [-0.2, -0.15) is 5.10 Å². The monoisotopic (exact) mass is 383 g/mol. The standard InChI is InChI=1S/C18H27F2N5O2/c1-14-2-4-24(5-3-14)18(27)13-22-6-8-23(9-7-22)15-10-17(26)25(21-11-15)12-16(19)20/h10-11,14,16H,2-9,12-13H2,1H3. The molecule has 2 fully saturated rings. The van der Waals surface area contributed by atoms with Crippen molar-refractivity contribution >= 4 is 11.6 Å². The maximum absolute atomic E-state index is 12.5. The van der Waals surface area contributed by atoms with Crippen LogP contribution in [0.2, 0.25) is 0 Å². The number of amides is 1. The van der Waals surface area contributed by atoms with E-state index in [1.54, 1.807) is 0 Å². The highest BCUT2D eigenvalue weighted by Crippen LogP contribution is 2.17. The highest BCUT2D eigenvalue weighted by molar-refractivity contribution is 5.78. The minimum absolute atomic E-state index is 0.187. The van der Waals surface area contributed by atoms with Gasteiger partial charge in [0, 0.05) is 45.3 Å². The quantitative estimate of drug-likeness (QED) is 0.756. The maximum atomic E-state index is 12.5. The van der Waals surface area contributed by atoms with Crippen molar-refractivity contribution in [3.63, 3.8) is 0 Å². The number of nitrogens with zero attached hydrogens (tertiary/aromatic N) is 5. The van der Waals surface area contributed by atoms with Crippen LogP contribution in [0.1, 0.15) is 19.8 Å². The molecular weight excluding hydrogens is 356 g/mol. The molecule has 0 atom stereocenters. The zero-order valence-corrected chi connectivity index (χ0v) is 15.7. The summed E-state index contributed by atoms with van der Waals surface area (Å²) in [6.07, 6.45) is 0.998. The molecule has 150 valence electrons. The van der Waals surface area contributed by atoms with Crippen molar-refractivity contribution in [2.45, 2.75) is 32.7 Å². The summed E-state index contributed by atoms with van der Waals surface area (Å²) >= 11 is 0. The summed E-state index contributed by atoms with van der Waals surface area (Å²) < 4.78 is 25.6. The predicted octanol–water partition coefficient (Wildman–Crippen LogP) is 0.889. The van der Waals surface area contributed by atoms with Crippen molar-refractivity contribution in [1.82, 2.24) is 19.6 Å². The molecule has 0 spiro atoms. The predicted molar refractivity (Wildman–Crippen MR) is 98.1 cm³/mol. The summed E-state index contributed by atoms with van der Waals surface area (Å²) in [6, 6.07) is 1.35. The molecule has 1 aromatic rings. The molecule has 7 nitrogen and oxygen atoms in total. The summed E-state index contributed by atoms with van der Waals surface area (Å²) in [6.45, 7) is 6.43. The van der Waals surface area contributed by atoms with E-state index in [0.29, 0.717) is 31.2 Å². The SMILES string of the molecule is CC1CCN(C(=O)CN2CCN(c3cnn(CC(F)F)c(=O)c3)CC2)CC1. The van der Waals surface area contributed by atoms with Crippen LogP contribution in [0.25, 0.3) is 0 Å². The van der Waals surface area contributed by atoms with E-state index >= 15 is 0 Å². The Bertz CT molecular complexity index is 695. The third-order valence-electron chi connectivity index (χ3n) is 5.40. The number of rotatable bonds is 5. The number of likely N-dealkylation sites (tertiary alicyclic amines) is 1. The van der Waals surface area contributed by atoms with Gasteiger partial charge in [-0.25, -0.2) is 13.5 Å². The Morgan fingerprint density at radius 3 is 2.44 bits per heavy atom. The van der Waals surface area contributed by atoms with Gasteiger partial charge in [0.25, 0.3) is 12.0 Å². The van der Waals surface area contributed by atoms with Crippen LogP contribution in [0.4, 0.5) is 14.5 Å². The van der Waals surface area contributed by atoms with Crippen LogP contribution in [0.15, 0.2) is 17.1 Å². The second kappa shape index (κ2) is 8.77. The van der Waals surface area contributed by atoms with Gasteiger partial charge in [0.2, 0.25) is 5.91 Å². The van der Waals surface area contributed by atoms with E-state index in [9.17, 15) is 18.4 Å². The first-order valence-corrected chi connectivity index (χ1v) is 9.53. The van der Waals surface area contributed by atoms with Crippen LogP contribution < -0.4 is 10.5 Å². The van der Waals surface area contributed by atoms with Gasteiger partial charge in [-0.15, -0.1) is 0 Å². The molecule has 0 bridgehead atoms. The van der Waals surface area contributed by atoms with Crippen molar-refractivity contribution in [2.24, 2.45) is 5.92 Å². The molecule has 0 saturated carbocycles. The van der Waals surface area contributed by atoms with Gasteiger partial charge in [0.15, 0.2) is 0 Å². The van der Waals surface area contributed by atoms with E-state index in [4.69, 9.17) is 0 Å². The molecule has 0 aromatic carbocycles. The Morgan fingerprint density at radius 2 is 1.85 bits per heavy atom. The first-order valence-electron chi connectivity index (χ1n) is 9.53. The Morgan fingerprint density at radius 1 is 1.19 bits per heavy atom. The molecule has 2 saturated heterocycles. The first kappa shape index (κ1) is 19.7. The second-order valence-corrected chi connectivity index (χ2v) is 7.45. The average molecular weight is 383 g/mol. The number of halogens is 2. The number of piperazine rings is 1. The number of hydrogen-bond acceptors (Lipinski definition) is 5. The van der Waals surface area contributed by atoms with Crippen molar-refractivity contribution in [3.05, 3.63) is 22.6 Å². The molecule has 0 unspecified atom stereocenters. The highest BCUT2D eigenvalue weighted by Gasteiger charge is 2.24. The fourth-order valence-electron chi connectivity index (χ4n) is 3.58. The fourth-order valence-corrected chi connectivity index (χ4v) is 3.58. The topological polar surface area (TPSA) is 61.7 Å². The third-order valence-corrected chi connectivity index (χ3v) is 5.40. The lowest BCUT2D eigenvalue weighted by molar-refractivity contribution is -0.133. The fraction of sp³-hybridized carbons (Fsp3) is 0.722. The molecule has 9 heteroatoms. The van der Waals surface area contributed by atoms with E-state index < -0.39 is 18.5 Å². The van der Waals surface area contributed by atoms with Crippen molar-refractivity contribution < 1.29 is 13.6 Å². The smallest absolute Gasteiger partial charge is 0.269 e. The number of carbonyl (C=O) groups is 1. The van der Waals surface area contributed by atoms with Crippen LogP contribution >= 0.6 is 0 Å². The lowest BCUT2D eigenvalue weighted by Crippen LogP contribution is -2.51. The van der Waals surface area contributed by atoms with Crippen molar-refractivity contribution in [2.75, 3.05) is 50.7 Å². The largest absolute Gasteiger partial charge is 0.368 e. The minimum Gasteiger partial charge on any atom is -0.368 e. The zero-order valence-electron chi connectivity index (χ0n) is 15.7. The second-order valence-electron chi connectivity index (χ2n) is 7.45. The molecule has 0 radical (unpaired) electrons. The molecule has 0 aliphatic carbocycles. The van der Waals surface area contributed by atoms with Crippen LogP contribution in [0, 0.1) is 5.92 Å². The lowest BCUT2D eigenvalue weighted by atomic mass is 9.99. The van der Waals surface area contributed by atoms with Gasteiger partial charge < -0.3 is 9.80 Å². The van der Waals surface area contributed by atoms with Gasteiger partial charge in [-0.3, -0.25) is 14.5 Å². The Labute approximate surface area is 157 Å². The number of anilines is 1. The molecule has 2 aliphatic heterocycles. The first-order chi connectivity index (χ1) is 12.9. The third kappa shape index (κ3) is 5.24. The van der Waals surface area contributed by atoms with Crippen LogP contribution in [0.5, 0.6) is 0 Å².